The van der Waals surface area contributed by atoms with Crippen molar-refractivity contribution in [1.82, 2.24) is 5.32 Å². The van der Waals surface area contributed by atoms with Gasteiger partial charge in [0.1, 0.15) is 18.4 Å². The first kappa shape index (κ1) is 30.3. The third kappa shape index (κ3) is 22.3. The van der Waals surface area contributed by atoms with Crippen molar-refractivity contribution in [3.63, 3.8) is 0 Å². The summed E-state index contributed by atoms with van der Waals surface area (Å²) < 4.78 is 30.8. The number of carbonyl (C=O) groups is 1. The fourth-order valence-corrected chi connectivity index (χ4v) is 4.44. The molecule has 7 nitrogen and oxygen atoms in total. The van der Waals surface area contributed by atoms with Gasteiger partial charge in [0.05, 0.1) is 27.2 Å². The maximum Gasteiger partial charge on any atom is 0.267 e. The van der Waals surface area contributed by atoms with Gasteiger partial charge in [-0.3, -0.25) is 9.35 Å². The van der Waals surface area contributed by atoms with Gasteiger partial charge in [0, 0.05) is 6.42 Å². The molecule has 0 spiro atoms. The Morgan fingerprint density at radius 2 is 1.32 bits per heavy atom. The molecule has 0 radical (unpaired) electrons. The standard InChI is InChI=1S/C23H48N2O5S/c1-4-5-6-7-8-9-10-11-12-13-14-15-16-17-23(27)24-18-19-25(2,3)20-22(26)21-31(28,29)30/h22,26H,4-21H2,1-3H3,(H-,24,27,28,29,30)/p+1. The van der Waals surface area contributed by atoms with Gasteiger partial charge in [0.15, 0.2) is 0 Å². The van der Waals surface area contributed by atoms with Crippen LogP contribution in [0.25, 0.3) is 0 Å². The van der Waals surface area contributed by atoms with Gasteiger partial charge in [-0.05, 0) is 6.42 Å². The van der Waals surface area contributed by atoms with Crippen molar-refractivity contribution < 1.29 is 27.4 Å². The highest BCUT2D eigenvalue weighted by atomic mass is 32.2. The van der Waals surface area contributed by atoms with Gasteiger partial charge in [0.25, 0.3) is 10.1 Å². The van der Waals surface area contributed by atoms with Gasteiger partial charge in [-0.1, -0.05) is 84.0 Å². The predicted molar refractivity (Wildman–Crippen MR) is 128 cm³/mol. The molecule has 0 aliphatic carbocycles. The first-order chi connectivity index (χ1) is 14.6. The first-order valence-electron chi connectivity index (χ1n) is 12.3. The molecule has 0 rings (SSSR count). The number of amides is 1. The van der Waals surface area contributed by atoms with Crippen molar-refractivity contribution in [3.05, 3.63) is 0 Å². The third-order valence-electron chi connectivity index (χ3n) is 5.65. The van der Waals surface area contributed by atoms with Crippen LogP contribution in [0.4, 0.5) is 0 Å². The number of rotatable bonds is 21. The lowest BCUT2D eigenvalue weighted by atomic mass is 10.0. The van der Waals surface area contributed by atoms with Gasteiger partial charge in [-0.25, -0.2) is 0 Å². The van der Waals surface area contributed by atoms with Crippen LogP contribution in [0.5, 0.6) is 0 Å². The Balaban J connectivity index is 3.57. The zero-order chi connectivity index (χ0) is 23.6. The topological polar surface area (TPSA) is 104 Å². The summed E-state index contributed by atoms with van der Waals surface area (Å²) in [6.45, 7) is 3.49. The van der Waals surface area contributed by atoms with E-state index >= 15 is 0 Å². The largest absolute Gasteiger partial charge is 0.386 e. The molecule has 8 heteroatoms. The van der Waals surface area contributed by atoms with Crippen molar-refractivity contribution in [1.29, 1.82) is 0 Å². The van der Waals surface area contributed by atoms with E-state index in [1.165, 1.54) is 70.6 Å². The highest BCUT2D eigenvalue weighted by molar-refractivity contribution is 7.85. The number of hydrogen-bond donors (Lipinski definition) is 3. The molecule has 0 aromatic heterocycles. The molecule has 31 heavy (non-hydrogen) atoms. The molecule has 0 aromatic rings. The van der Waals surface area contributed by atoms with Crippen LogP contribution in [0.2, 0.25) is 0 Å². The maximum absolute atomic E-state index is 12.0. The quantitative estimate of drug-likeness (QED) is 0.135. The molecule has 0 aliphatic rings. The summed E-state index contributed by atoms with van der Waals surface area (Å²) in [5, 5.41) is 12.7. The zero-order valence-corrected chi connectivity index (χ0v) is 21.1. The van der Waals surface area contributed by atoms with E-state index in [9.17, 15) is 18.3 Å². The summed E-state index contributed by atoms with van der Waals surface area (Å²) in [5.74, 6) is -0.623. The van der Waals surface area contributed by atoms with Crippen molar-refractivity contribution in [3.8, 4) is 0 Å². The minimum Gasteiger partial charge on any atom is -0.386 e. The van der Waals surface area contributed by atoms with E-state index in [1.54, 1.807) is 0 Å². The summed E-state index contributed by atoms with van der Waals surface area (Å²) in [6.07, 6.45) is 16.1. The lowest BCUT2D eigenvalue weighted by molar-refractivity contribution is -0.891. The number of nitrogens with zero attached hydrogens (tertiary/aromatic N) is 1. The second-order valence-electron chi connectivity index (χ2n) is 9.59. The smallest absolute Gasteiger partial charge is 0.267 e. The summed E-state index contributed by atoms with van der Waals surface area (Å²) in [5.41, 5.74) is 0. The predicted octanol–water partition coefficient (Wildman–Crippen LogP) is 3.91. The highest BCUT2D eigenvalue weighted by Gasteiger charge is 2.24. The molecule has 0 heterocycles. The number of hydrogen-bond acceptors (Lipinski definition) is 4. The fourth-order valence-electron chi connectivity index (χ4n) is 3.85. The van der Waals surface area contributed by atoms with Crippen LogP contribution in [0, 0.1) is 0 Å². The van der Waals surface area contributed by atoms with Crippen molar-refractivity contribution in [2.75, 3.05) is 39.5 Å². The summed E-state index contributed by atoms with van der Waals surface area (Å²) in [4.78, 5) is 12.0. The Labute approximate surface area is 191 Å². The molecule has 3 N–H and O–H groups in total. The molecule has 1 amide bonds. The van der Waals surface area contributed by atoms with E-state index in [0.29, 0.717) is 24.0 Å². The zero-order valence-electron chi connectivity index (χ0n) is 20.3. The molecule has 0 saturated heterocycles. The molecule has 0 aromatic carbocycles. The molecule has 0 saturated carbocycles. The Kier molecular flexibility index (Phi) is 17.4. The van der Waals surface area contributed by atoms with Gasteiger partial charge in [-0.15, -0.1) is 0 Å². The number of nitrogens with one attached hydrogen (secondary N) is 1. The minimum atomic E-state index is -4.19. The second kappa shape index (κ2) is 17.8. The molecule has 0 bridgehead atoms. The van der Waals surface area contributed by atoms with E-state index in [4.69, 9.17) is 4.55 Å². The van der Waals surface area contributed by atoms with Gasteiger partial charge in [-0.2, -0.15) is 8.42 Å². The van der Waals surface area contributed by atoms with Crippen LogP contribution in [-0.4, -0.2) is 74.1 Å². The normalized spacial score (nSPS) is 13.3. The number of aliphatic hydroxyl groups excluding tert-OH is 1. The number of unbranched alkanes of at least 4 members (excludes halogenated alkanes) is 12. The Morgan fingerprint density at radius 1 is 0.871 bits per heavy atom. The minimum absolute atomic E-state index is 0.0431. The molecule has 0 aliphatic heterocycles. The maximum atomic E-state index is 12.0. The van der Waals surface area contributed by atoms with Crippen LogP contribution >= 0.6 is 0 Å². The Hall–Kier alpha value is -0.700. The molecule has 1 atom stereocenters. The lowest BCUT2D eigenvalue weighted by Crippen LogP contribution is -2.50. The van der Waals surface area contributed by atoms with E-state index in [1.807, 2.05) is 14.1 Å². The van der Waals surface area contributed by atoms with Crippen LogP contribution in [-0.2, 0) is 14.9 Å². The van der Waals surface area contributed by atoms with Crippen molar-refractivity contribution in [2.45, 2.75) is 103 Å². The highest BCUT2D eigenvalue weighted by Crippen LogP contribution is 2.13. The fraction of sp³-hybridized carbons (Fsp3) is 0.957. The first-order valence-corrected chi connectivity index (χ1v) is 13.9. The van der Waals surface area contributed by atoms with E-state index in [0.717, 1.165) is 12.8 Å². The van der Waals surface area contributed by atoms with Crippen LogP contribution in [0.3, 0.4) is 0 Å². The van der Waals surface area contributed by atoms with E-state index in [2.05, 4.69) is 12.2 Å². The van der Waals surface area contributed by atoms with Gasteiger partial charge >= 0.3 is 0 Å². The lowest BCUT2D eigenvalue weighted by Gasteiger charge is -2.31. The number of carbonyl (C=O) groups excluding carboxylic acids is 1. The molecular formula is C23H49N2O5S+. The molecule has 186 valence electrons. The van der Waals surface area contributed by atoms with E-state index in [-0.39, 0.29) is 12.5 Å². The average Bonchev–Trinajstić information content (AvgIpc) is 2.63. The number of likely N-dealkylation sites (N-methyl/N-ethyl adjacent to an activating group) is 1. The summed E-state index contributed by atoms with van der Waals surface area (Å²) in [6, 6.07) is 0. The second-order valence-corrected chi connectivity index (χ2v) is 11.1. The average molecular weight is 466 g/mol. The van der Waals surface area contributed by atoms with Gasteiger partial charge in [0.2, 0.25) is 5.91 Å². The summed E-state index contributed by atoms with van der Waals surface area (Å²) >= 11 is 0. The van der Waals surface area contributed by atoms with Crippen LogP contribution < -0.4 is 5.32 Å². The third-order valence-corrected chi connectivity index (χ3v) is 6.46. The molecule has 0 fully saturated rings. The summed E-state index contributed by atoms with van der Waals surface area (Å²) in [7, 11) is -0.481. The van der Waals surface area contributed by atoms with E-state index < -0.39 is 22.0 Å². The monoisotopic (exact) mass is 465 g/mol. The Bertz CT molecular complexity index is 552. The molecular weight excluding hydrogens is 416 g/mol. The molecule has 1 unspecified atom stereocenters. The SMILES string of the molecule is CCCCCCCCCCCCCCCC(=O)NCC[N+](C)(C)CC(O)CS(=O)(=O)O. The number of quaternary nitrogens is 1. The number of aliphatic hydroxyl groups is 1. The van der Waals surface area contributed by atoms with Crippen molar-refractivity contribution in [2.24, 2.45) is 0 Å². The van der Waals surface area contributed by atoms with Crippen LogP contribution in [0.15, 0.2) is 0 Å². The van der Waals surface area contributed by atoms with Crippen molar-refractivity contribution >= 4 is 16.0 Å². The van der Waals surface area contributed by atoms with Gasteiger partial charge < -0.3 is 14.9 Å². The Morgan fingerprint density at radius 3 is 1.77 bits per heavy atom. The van der Waals surface area contributed by atoms with Crippen LogP contribution in [0.1, 0.15) is 96.8 Å².